The molecule has 0 aliphatic heterocycles. The van der Waals surface area contributed by atoms with Gasteiger partial charge in [0.1, 0.15) is 11.5 Å². The summed E-state index contributed by atoms with van der Waals surface area (Å²) in [5.74, 6) is 0.441. The van der Waals surface area contributed by atoms with Crippen molar-refractivity contribution in [3.05, 3.63) is 54.4 Å². The minimum absolute atomic E-state index is 0.0160. The van der Waals surface area contributed by atoms with Crippen LogP contribution >= 0.6 is 11.8 Å². The second-order valence-corrected chi connectivity index (χ2v) is 6.68. The van der Waals surface area contributed by atoms with Gasteiger partial charge in [-0.15, -0.1) is 18.3 Å². The lowest BCUT2D eigenvalue weighted by Gasteiger charge is -2.09. The van der Waals surface area contributed by atoms with Crippen molar-refractivity contribution in [3.8, 4) is 28.6 Å². The van der Waals surface area contributed by atoms with Crippen LogP contribution in [0.3, 0.4) is 0 Å². The van der Waals surface area contributed by atoms with Gasteiger partial charge in [-0.2, -0.15) is 9.67 Å². The standard InChI is InChI=1S/C17H11F3N6O3S/c18-17(19,20)28-11-7-5-10(6-8-11)26-16(22-24-25-26)30-9-14-21-15(29-23-14)12-3-1-2-4-13(12)27/h1-8,27H,9H2. The number of thioether (sulfide) groups is 1. The fourth-order valence-electron chi connectivity index (χ4n) is 2.43. The molecule has 0 bridgehead atoms. The van der Waals surface area contributed by atoms with Gasteiger partial charge in [0, 0.05) is 0 Å². The quantitative estimate of drug-likeness (QED) is 0.453. The predicted octanol–water partition coefficient (Wildman–Crippen LogP) is 3.61. The molecule has 4 rings (SSSR count). The van der Waals surface area contributed by atoms with E-state index in [1.807, 2.05) is 0 Å². The lowest BCUT2D eigenvalue weighted by atomic mass is 10.2. The smallest absolute Gasteiger partial charge is 0.507 e. The molecule has 0 saturated heterocycles. The van der Waals surface area contributed by atoms with E-state index in [0.717, 1.165) is 12.1 Å². The number of phenolic OH excluding ortho intramolecular Hbond substituents is 1. The maximum Gasteiger partial charge on any atom is 0.573 e. The van der Waals surface area contributed by atoms with E-state index in [1.165, 1.54) is 34.6 Å². The van der Waals surface area contributed by atoms with Gasteiger partial charge < -0.3 is 14.4 Å². The first kappa shape index (κ1) is 19.7. The van der Waals surface area contributed by atoms with E-state index in [2.05, 4.69) is 30.4 Å². The van der Waals surface area contributed by atoms with Crippen molar-refractivity contribution < 1.29 is 27.5 Å². The number of phenols is 1. The summed E-state index contributed by atoms with van der Waals surface area (Å²) in [5, 5.41) is 25.4. The van der Waals surface area contributed by atoms with E-state index >= 15 is 0 Å². The maximum atomic E-state index is 12.3. The molecule has 30 heavy (non-hydrogen) atoms. The Morgan fingerprint density at radius 2 is 1.87 bits per heavy atom. The van der Waals surface area contributed by atoms with Crippen LogP contribution in [0.1, 0.15) is 5.82 Å². The van der Waals surface area contributed by atoms with Crippen LogP contribution in [0, 0.1) is 0 Å². The second-order valence-electron chi connectivity index (χ2n) is 5.74. The Hall–Kier alpha value is -3.61. The van der Waals surface area contributed by atoms with Gasteiger partial charge in [0.05, 0.1) is 17.0 Å². The van der Waals surface area contributed by atoms with Gasteiger partial charge >= 0.3 is 6.36 Å². The molecule has 2 heterocycles. The summed E-state index contributed by atoms with van der Waals surface area (Å²) in [7, 11) is 0. The summed E-state index contributed by atoms with van der Waals surface area (Å²) < 4.78 is 47.2. The number of para-hydroxylation sites is 1. The molecule has 0 atom stereocenters. The molecular formula is C17H11F3N6O3S. The third-order valence-corrected chi connectivity index (χ3v) is 4.60. The highest BCUT2D eigenvalue weighted by atomic mass is 32.2. The molecule has 4 aromatic rings. The molecule has 0 radical (unpaired) electrons. The Morgan fingerprint density at radius 3 is 2.60 bits per heavy atom. The third kappa shape index (κ3) is 4.51. The number of halogens is 3. The fraction of sp³-hybridized carbons (Fsp3) is 0.118. The van der Waals surface area contributed by atoms with Gasteiger partial charge in [-0.05, 0) is 46.8 Å². The number of hydrogen-bond acceptors (Lipinski definition) is 9. The first-order valence-corrected chi connectivity index (χ1v) is 9.26. The summed E-state index contributed by atoms with van der Waals surface area (Å²) in [6.07, 6.45) is -4.77. The molecule has 0 unspecified atom stereocenters. The van der Waals surface area contributed by atoms with Crippen LogP contribution in [-0.2, 0) is 5.75 Å². The number of ether oxygens (including phenoxy) is 1. The van der Waals surface area contributed by atoms with E-state index in [0.29, 0.717) is 22.2 Å². The lowest BCUT2D eigenvalue weighted by Crippen LogP contribution is -2.17. The molecule has 0 aliphatic carbocycles. The molecule has 2 aromatic heterocycles. The number of nitrogens with zero attached hydrogens (tertiary/aromatic N) is 6. The summed E-state index contributed by atoms with van der Waals surface area (Å²) in [5.41, 5.74) is 0.854. The highest BCUT2D eigenvalue weighted by Gasteiger charge is 2.31. The molecule has 1 N–H and O–H groups in total. The number of hydrogen-bond donors (Lipinski definition) is 1. The van der Waals surface area contributed by atoms with Crippen molar-refractivity contribution in [3.63, 3.8) is 0 Å². The lowest BCUT2D eigenvalue weighted by molar-refractivity contribution is -0.274. The zero-order valence-electron chi connectivity index (χ0n) is 14.8. The van der Waals surface area contributed by atoms with Crippen molar-refractivity contribution >= 4 is 11.8 Å². The molecule has 0 spiro atoms. The van der Waals surface area contributed by atoms with Crippen LogP contribution in [0.25, 0.3) is 17.1 Å². The minimum Gasteiger partial charge on any atom is -0.507 e. The summed E-state index contributed by atoms with van der Waals surface area (Å²) in [4.78, 5) is 4.23. The van der Waals surface area contributed by atoms with Gasteiger partial charge in [0.15, 0.2) is 5.82 Å². The average molecular weight is 436 g/mol. The summed E-state index contributed by atoms with van der Waals surface area (Å²) in [6.45, 7) is 0. The van der Waals surface area contributed by atoms with Crippen LogP contribution in [0.5, 0.6) is 11.5 Å². The largest absolute Gasteiger partial charge is 0.573 e. The van der Waals surface area contributed by atoms with Gasteiger partial charge in [-0.25, -0.2) is 0 Å². The Bertz CT molecular complexity index is 1150. The van der Waals surface area contributed by atoms with Crippen molar-refractivity contribution in [1.82, 2.24) is 30.3 Å². The predicted molar refractivity (Wildman–Crippen MR) is 96.8 cm³/mol. The number of benzene rings is 2. The van der Waals surface area contributed by atoms with Crippen molar-refractivity contribution in [1.29, 1.82) is 0 Å². The van der Waals surface area contributed by atoms with E-state index in [1.54, 1.807) is 18.2 Å². The van der Waals surface area contributed by atoms with Gasteiger partial charge in [0.25, 0.3) is 5.89 Å². The number of alkyl halides is 3. The monoisotopic (exact) mass is 436 g/mol. The molecule has 0 saturated carbocycles. The minimum atomic E-state index is -4.77. The molecular weight excluding hydrogens is 425 g/mol. The Balaban J connectivity index is 1.45. The SMILES string of the molecule is Oc1ccccc1-c1nc(CSc2nnnn2-c2ccc(OC(F)(F)F)cc2)no1. The molecule has 154 valence electrons. The number of tetrazole rings is 1. The van der Waals surface area contributed by atoms with Crippen LogP contribution in [0.2, 0.25) is 0 Å². The number of aromatic nitrogens is 6. The molecule has 0 aliphatic rings. The average Bonchev–Trinajstić information content (AvgIpc) is 3.35. The topological polar surface area (TPSA) is 112 Å². The Morgan fingerprint density at radius 1 is 1.10 bits per heavy atom. The van der Waals surface area contributed by atoms with E-state index < -0.39 is 6.36 Å². The van der Waals surface area contributed by atoms with Gasteiger partial charge in [0.2, 0.25) is 5.16 Å². The van der Waals surface area contributed by atoms with Crippen LogP contribution in [0.15, 0.2) is 58.2 Å². The molecule has 0 amide bonds. The normalized spacial score (nSPS) is 11.6. The maximum absolute atomic E-state index is 12.3. The fourth-order valence-corrected chi connectivity index (χ4v) is 3.16. The zero-order valence-corrected chi connectivity index (χ0v) is 15.6. The summed E-state index contributed by atoms with van der Waals surface area (Å²) in [6, 6.07) is 11.7. The number of aromatic hydroxyl groups is 1. The first-order valence-electron chi connectivity index (χ1n) is 8.27. The first-order chi connectivity index (χ1) is 14.4. The summed E-state index contributed by atoms with van der Waals surface area (Å²) >= 11 is 1.20. The van der Waals surface area contributed by atoms with Crippen molar-refractivity contribution in [2.24, 2.45) is 0 Å². The highest BCUT2D eigenvalue weighted by Crippen LogP contribution is 2.29. The molecule has 13 heteroatoms. The van der Waals surface area contributed by atoms with Crippen LogP contribution in [0.4, 0.5) is 13.2 Å². The van der Waals surface area contributed by atoms with Crippen molar-refractivity contribution in [2.45, 2.75) is 17.3 Å². The van der Waals surface area contributed by atoms with Gasteiger partial charge in [-0.1, -0.05) is 29.1 Å². The highest BCUT2D eigenvalue weighted by molar-refractivity contribution is 7.98. The van der Waals surface area contributed by atoms with Crippen molar-refractivity contribution in [2.75, 3.05) is 0 Å². The zero-order chi connectivity index (χ0) is 21.1. The van der Waals surface area contributed by atoms with Gasteiger partial charge in [-0.3, -0.25) is 0 Å². The van der Waals surface area contributed by atoms with Crippen LogP contribution < -0.4 is 4.74 Å². The van der Waals surface area contributed by atoms with E-state index in [9.17, 15) is 18.3 Å². The van der Waals surface area contributed by atoms with E-state index in [-0.39, 0.29) is 23.1 Å². The molecule has 9 nitrogen and oxygen atoms in total. The Kier molecular flexibility index (Phi) is 5.27. The van der Waals surface area contributed by atoms with E-state index in [4.69, 9.17) is 4.52 Å². The Labute approximate surface area is 170 Å². The third-order valence-electron chi connectivity index (χ3n) is 3.69. The van der Waals surface area contributed by atoms with Crippen LogP contribution in [-0.4, -0.2) is 41.8 Å². The number of rotatable bonds is 6. The molecule has 0 fully saturated rings. The molecule has 2 aromatic carbocycles. The second kappa shape index (κ2) is 8.02.